The number of thiazole rings is 1. The predicted octanol–water partition coefficient (Wildman–Crippen LogP) is 5.60. The Morgan fingerprint density at radius 1 is 1.06 bits per heavy atom. The molecule has 1 atom stereocenters. The number of aromatic nitrogens is 3. The molecule has 6 nitrogen and oxygen atoms in total. The summed E-state index contributed by atoms with van der Waals surface area (Å²) in [5.41, 5.74) is 2.49. The highest BCUT2D eigenvalue weighted by molar-refractivity contribution is 7.21. The Kier molecular flexibility index (Phi) is 8.48. The molecular formula is C22H29F2N5OS. The van der Waals surface area contributed by atoms with Gasteiger partial charge in [0.15, 0.2) is 0 Å². The van der Waals surface area contributed by atoms with Gasteiger partial charge in [0, 0.05) is 25.6 Å². The smallest absolute Gasteiger partial charge is 0.241 e. The third kappa shape index (κ3) is 6.07. The van der Waals surface area contributed by atoms with E-state index in [9.17, 15) is 8.78 Å². The lowest BCUT2D eigenvalue weighted by Gasteiger charge is -2.17. The molecule has 0 aliphatic carbocycles. The molecule has 2 aromatic heterocycles. The van der Waals surface area contributed by atoms with Crippen molar-refractivity contribution < 1.29 is 13.5 Å². The Hall–Kier alpha value is -2.39. The van der Waals surface area contributed by atoms with Gasteiger partial charge < -0.3 is 15.4 Å². The molecule has 31 heavy (non-hydrogen) atoms. The second-order valence-electron chi connectivity index (χ2n) is 7.18. The van der Waals surface area contributed by atoms with Gasteiger partial charge >= 0.3 is 0 Å². The first-order valence-electron chi connectivity index (χ1n) is 10.6. The van der Waals surface area contributed by atoms with Crippen molar-refractivity contribution in [2.24, 2.45) is 5.92 Å². The molecule has 3 aromatic rings. The minimum absolute atomic E-state index is 0.365. The Labute approximate surface area is 185 Å². The number of ether oxygens (including phenoxy) is 1. The van der Waals surface area contributed by atoms with Gasteiger partial charge in [0.25, 0.3) is 0 Å². The SMILES string of the molecule is CCOCCNc1nc(C)c(-c2nc3ccccc3s2)c(NCCC(CC)C(F)F)n1. The van der Waals surface area contributed by atoms with E-state index in [1.165, 1.54) is 0 Å². The first-order chi connectivity index (χ1) is 15.0. The van der Waals surface area contributed by atoms with E-state index >= 15 is 0 Å². The Morgan fingerprint density at radius 2 is 1.87 bits per heavy atom. The van der Waals surface area contributed by atoms with E-state index in [1.54, 1.807) is 18.3 Å². The van der Waals surface area contributed by atoms with Gasteiger partial charge in [-0.25, -0.2) is 18.7 Å². The molecule has 2 heterocycles. The van der Waals surface area contributed by atoms with Crippen LogP contribution >= 0.6 is 11.3 Å². The van der Waals surface area contributed by atoms with Crippen LogP contribution < -0.4 is 10.6 Å². The number of hydrogen-bond acceptors (Lipinski definition) is 7. The van der Waals surface area contributed by atoms with E-state index in [-0.39, 0.29) is 0 Å². The second-order valence-corrected chi connectivity index (χ2v) is 8.22. The Morgan fingerprint density at radius 3 is 2.58 bits per heavy atom. The van der Waals surface area contributed by atoms with Crippen molar-refractivity contribution in [3.63, 3.8) is 0 Å². The van der Waals surface area contributed by atoms with Gasteiger partial charge in [-0.2, -0.15) is 4.98 Å². The molecule has 0 radical (unpaired) electrons. The van der Waals surface area contributed by atoms with Crippen LogP contribution in [-0.4, -0.2) is 47.7 Å². The van der Waals surface area contributed by atoms with E-state index in [2.05, 4.69) is 20.6 Å². The van der Waals surface area contributed by atoms with Gasteiger partial charge in [0.05, 0.1) is 28.1 Å². The fourth-order valence-corrected chi connectivity index (χ4v) is 4.34. The molecule has 3 rings (SSSR count). The number of rotatable bonds is 12. The van der Waals surface area contributed by atoms with E-state index in [4.69, 9.17) is 9.72 Å². The summed E-state index contributed by atoms with van der Waals surface area (Å²) in [6, 6.07) is 7.93. The van der Waals surface area contributed by atoms with Crippen LogP contribution in [0.5, 0.6) is 0 Å². The van der Waals surface area contributed by atoms with Gasteiger partial charge in [-0.1, -0.05) is 19.1 Å². The van der Waals surface area contributed by atoms with Crippen molar-refractivity contribution >= 4 is 33.3 Å². The number of nitrogens with zero attached hydrogens (tertiary/aromatic N) is 3. The zero-order chi connectivity index (χ0) is 22.2. The molecule has 0 saturated carbocycles. The first-order valence-corrected chi connectivity index (χ1v) is 11.4. The average Bonchev–Trinajstić information content (AvgIpc) is 3.17. The van der Waals surface area contributed by atoms with Gasteiger partial charge in [-0.3, -0.25) is 0 Å². The molecule has 9 heteroatoms. The lowest BCUT2D eigenvalue weighted by molar-refractivity contribution is 0.0721. The number of benzene rings is 1. The number of anilines is 2. The summed E-state index contributed by atoms with van der Waals surface area (Å²) in [6.45, 7) is 7.82. The summed E-state index contributed by atoms with van der Waals surface area (Å²) < 4.78 is 32.7. The lowest BCUT2D eigenvalue weighted by Crippen LogP contribution is -2.17. The van der Waals surface area contributed by atoms with Gasteiger partial charge in [-0.15, -0.1) is 11.3 Å². The van der Waals surface area contributed by atoms with Crippen LogP contribution in [0.3, 0.4) is 0 Å². The van der Waals surface area contributed by atoms with Crippen LogP contribution in [-0.2, 0) is 4.74 Å². The van der Waals surface area contributed by atoms with Crippen LogP contribution in [0, 0.1) is 12.8 Å². The Bertz CT molecular complexity index is 949. The summed E-state index contributed by atoms with van der Waals surface area (Å²) in [7, 11) is 0. The molecule has 0 amide bonds. The summed E-state index contributed by atoms with van der Waals surface area (Å²) in [6.07, 6.45) is -1.51. The zero-order valence-electron chi connectivity index (χ0n) is 18.1. The molecule has 0 fully saturated rings. The maximum absolute atomic E-state index is 13.1. The molecule has 0 spiro atoms. The minimum atomic E-state index is -2.32. The molecular weight excluding hydrogens is 420 g/mol. The highest BCUT2D eigenvalue weighted by atomic mass is 32.1. The van der Waals surface area contributed by atoms with Crippen molar-refractivity contribution in [3.05, 3.63) is 30.0 Å². The van der Waals surface area contributed by atoms with E-state index in [0.717, 1.165) is 26.5 Å². The van der Waals surface area contributed by atoms with E-state index in [0.29, 0.717) is 50.9 Å². The summed E-state index contributed by atoms with van der Waals surface area (Å²) in [5, 5.41) is 7.25. The number of halogens is 2. The van der Waals surface area contributed by atoms with Crippen LogP contribution in [0.2, 0.25) is 0 Å². The number of alkyl halides is 2. The molecule has 0 aliphatic heterocycles. The van der Waals surface area contributed by atoms with Crippen molar-refractivity contribution in [2.75, 3.05) is 36.9 Å². The predicted molar refractivity (Wildman–Crippen MR) is 123 cm³/mol. The van der Waals surface area contributed by atoms with Crippen LogP contribution in [0.15, 0.2) is 24.3 Å². The van der Waals surface area contributed by atoms with Crippen molar-refractivity contribution in [1.82, 2.24) is 15.0 Å². The number of nitrogens with one attached hydrogen (secondary N) is 2. The zero-order valence-corrected chi connectivity index (χ0v) is 18.9. The highest BCUT2D eigenvalue weighted by Gasteiger charge is 2.20. The lowest BCUT2D eigenvalue weighted by atomic mass is 10.0. The van der Waals surface area contributed by atoms with E-state index in [1.807, 2.05) is 38.1 Å². The topological polar surface area (TPSA) is 72.0 Å². The van der Waals surface area contributed by atoms with Crippen LogP contribution in [0.25, 0.3) is 20.8 Å². The maximum Gasteiger partial charge on any atom is 0.241 e. The molecule has 0 saturated heterocycles. The molecule has 168 valence electrons. The fraction of sp³-hybridized carbons (Fsp3) is 0.500. The van der Waals surface area contributed by atoms with E-state index < -0.39 is 12.3 Å². The summed E-state index contributed by atoms with van der Waals surface area (Å²) >= 11 is 1.57. The number of aryl methyl sites for hydroxylation is 1. The largest absolute Gasteiger partial charge is 0.380 e. The van der Waals surface area contributed by atoms with Crippen molar-refractivity contribution in [2.45, 2.75) is 40.0 Å². The molecule has 1 aromatic carbocycles. The third-order valence-electron chi connectivity index (χ3n) is 5.02. The average molecular weight is 450 g/mol. The van der Waals surface area contributed by atoms with Crippen LogP contribution in [0.4, 0.5) is 20.5 Å². The molecule has 2 N–H and O–H groups in total. The summed E-state index contributed by atoms with van der Waals surface area (Å²) in [4.78, 5) is 14.0. The normalized spacial score (nSPS) is 12.5. The molecule has 0 bridgehead atoms. The highest BCUT2D eigenvalue weighted by Crippen LogP contribution is 2.36. The fourth-order valence-electron chi connectivity index (χ4n) is 3.28. The van der Waals surface area contributed by atoms with Crippen molar-refractivity contribution in [1.29, 1.82) is 0 Å². The standard InChI is InChI=1S/C22H29F2N5OS/c1-4-15(19(23)24)10-11-25-20-18(21-28-16-8-6-7-9-17(16)31-21)14(3)27-22(29-20)26-12-13-30-5-2/h6-9,15,19H,4-5,10-13H2,1-3H3,(H2,25,26,27,29). The second kappa shape index (κ2) is 11.3. The van der Waals surface area contributed by atoms with Gasteiger partial charge in [0.2, 0.25) is 12.4 Å². The monoisotopic (exact) mass is 449 g/mol. The van der Waals surface area contributed by atoms with Crippen LogP contribution in [0.1, 0.15) is 32.4 Å². The van der Waals surface area contributed by atoms with Gasteiger partial charge in [-0.05, 0) is 38.8 Å². The van der Waals surface area contributed by atoms with Gasteiger partial charge in [0.1, 0.15) is 10.8 Å². The maximum atomic E-state index is 13.1. The number of fused-ring (bicyclic) bond motifs is 1. The third-order valence-corrected chi connectivity index (χ3v) is 6.07. The number of para-hydroxylation sites is 1. The molecule has 1 unspecified atom stereocenters. The minimum Gasteiger partial charge on any atom is -0.380 e. The summed E-state index contributed by atoms with van der Waals surface area (Å²) in [5.74, 6) is 0.449. The Balaban J connectivity index is 1.88. The number of hydrogen-bond donors (Lipinski definition) is 2. The van der Waals surface area contributed by atoms with Crippen molar-refractivity contribution in [3.8, 4) is 10.6 Å². The molecule has 0 aliphatic rings. The quantitative estimate of drug-likeness (QED) is 0.351. The first kappa shape index (κ1) is 23.3.